The Bertz CT molecular complexity index is 917. The Kier molecular flexibility index (Phi) is 4.22. The van der Waals surface area contributed by atoms with Crippen LogP contribution >= 0.6 is 11.6 Å². The van der Waals surface area contributed by atoms with Crippen LogP contribution in [-0.4, -0.2) is 10.8 Å². The molecule has 2 aromatic carbocycles. The fraction of sp³-hybridized carbons (Fsp3) is 0.0526. The number of nitrogens with zero attached hydrogens (tertiary/aromatic N) is 1. The van der Waals surface area contributed by atoms with E-state index in [0.29, 0.717) is 16.3 Å². The van der Waals surface area contributed by atoms with Gasteiger partial charge in [-0.1, -0.05) is 23.7 Å². The summed E-state index contributed by atoms with van der Waals surface area (Å²) in [7, 11) is 0. The average molecular weight is 326 g/mol. The standard InChI is InChI=1S/C19H13ClFNO/c1-12-2-3-14-11-15(19(20)22-17(14)10-12)6-9-18(23)13-4-7-16(21)8-5-13/h2-11H,1H3/b9-6-. The third-order valence-corrected chi connectivity index (χ3v) is 3.80. The number of ketones is 1. The zero-order valence-corrected chi connectivity index (χ0v) is 13.1. The van der Waals surface area contributed by atoms with Gasteiger partial charge >= 0.3 is 0 Å². The van der Waals surface area contributed by atoms with Crippen LogP contribution in [0.5, 0.6) is 0 Å². The van der Waals surface area contributed by atoms with Gasteiger partial charge in [-0.05, 0) is 61.0 Å². The summed E-state index contributed by atoms with van der Waals surface area (Å²) in [6.07, 6.45) is 3.04. The van der Waals surface area contributed by atoms with Gasteiger partial charge in [-0.15, -0.1) is 0 Å². The third-order valence-electron chi connectivity index (χ3n) is 3.50. The molecule has 0 saturated carbocycles. The highest BCUT2D eigenvalue weighted by Crippen LogP contribution is 2.22. The molecule has 23 heavy (non-hydrogen) atoms. The first-order valence-electron chi connectivity index (χ1n) is 7.08. The molecule has 0 bridgehead atoms. The molecular weight excluding hydrogens is 313 g/mol. The van der Waals surface area contributed by atoms with E-state index in [4.69, 9.17) is 11.6 Å². The minimum absolute atomic E-state index is 0.218. The molecule has 0 aliphatic carbocycles. The van der Waals surface area contributed by atoms with Crippen LogP contribution in [-0.2, 0) is 0 Å². The van der Waals surface area contributed by atoms with Crippen LogP contribution in [0.1, 0.15) is 21.5 Å². The van der Waals surface area contributed by atoms with Crippen molar-refractivity contribution in [2.45, 2.75) is 6.92 Å². The van der Waals surface area contributed by atoms with E-state index in [1.165, 1.54) is 30.3 Å². The van der Waals surface area contributed by atoms with E-state index < -0.39 is 0 Å². The number of carbonyl (C=O) groups excluding carboxylic acids is 1. The maximum atomic E-state index is 12.9. The molecule has 0 amide bonds. The molecule has 2 nitrogen and oxygen atoms in total. The lowest BCUT2D eigenvalue weighted by molar-refractivity contribution is 0.104. The Morgan fingerprint density at radius 3 is 2.61 bits per heavy atom. The van der Waals surface area contributed by atoms with Gasteiger partial charge in [0.2, 0.25) is 0 Å². The van der Waals surface area contributed by atoms with Crippen LogP contribution in [0.4, 0.5) is 4.39 Å². The zero-order chi connectivity index (χ0) is 16.4. The molecule has 0 unspecified atom stereocenters. The molecule has 114 valence electrons. The summed E-state index contributed by atoms with van der Waals surface area (Å²) < 4.78 is 12.9. The van der Waals surface area contributed by atoms with Crippen molar-refractivity contribution in [2.24, 2.45) is 0 Å². The van der Waals surface area contributed by atoms with Crippen LogP contribution < -0.4 is 0 Å². The fourth-order valence-electron chi connectivity index (χ4n) is 2.26. The average Bonchev–Trinajstić information content (AvgIpc) is 2.53. The first-order valence-corrected chi connectivity index (χ1v) is 7.45. The number of allylic oxidation sites excluding steroid dienone is 1. The van der Waals surface area contributed by atoms with Crippen LogP contribution in [0, 0.1) is 12.7 Å². The quantitative estimate of drug-likeness (QED) is 0.375. The summed E-state index contributed by atoms with van der Waals surface area (Å²) >= 11 is 6.18. The van der Waals surface area contributed by atoms with E-state index in [2.05, 4.69) is 4.98 Å². The molecule has 3 rings (SSSR count). The largest absolute Gasteiger partial charge is 0.289 e. The van der Waals surface area contributed by atoms with E-state index in [1.54, 1.807) is 6.08 Å². The molecule has 0 radical (unpaired) electrons. The van der Waals surface area contributed by atoms with Gasteiger partial charge in [0, 0.05) is 16.5 Å². The Labute approximate surface area is 138 Å². The molecule has 0 fully saturated rings. The van der Waals surface area contributed by atoms with E-state index in [1.807, 2.05) is 31.2 Å². The van der Waals surface area contributed by atoms with Gasteiger partial charge < -0.3 is 0 Å². The predicted molar refractivity (Wildman–Crippen MR) is 91.3 cm³/mol. The predicted octanol–water partition coefficient (Wildman–Crippen LogP) is 5.23. The third kappa shape index (κ3) is 3.46. The van der Waals surface area contributed by atoms with Crippen molar-refractivity contribution in [3.63, 3.8) is 0 Å². The van der Waals surface area contributed by atoms with Gasteiger partial charge in [-0.3, -0.25) is 4.79 Å². The van der Waals surface area contributed by atoms with Crippen LogP contribution in [0.25, 0.3) is 17.0 Å². The first kappa shape index (κ1) is 15.4. The zero-order valence-electron chi connectivity index (χ0n) is 12.4. The Morgan fingerprint density at radius 1 is 1.13 bits per heavy atom. The summed E-state index contributed by atoms with van der Waals surface area (Å²) in [4.78, 5) is 16.4. The first-order chi connectivity index (χ1) is 11.0. The van der Waals surface area contributed by atoms with E-state index in [-0.39, 0.29) is 11.6 Å². The monoisotopic (exact) mass is 325 g/mol. The topological polar surface area (TPSA) is 30.0 Å². The molecule has 0 atom stereocenters. The van der Waals surface area contributed by atoms with Crippen LogP contribution in [0.2, 0.25) is 5.15 Å². The smallest absolute Gasteiger partial charge is 0.185 e. The molecule has 1 heterocycles. The summed E-state index contributed by atoms with van der Waals surface area (Å²) in [6, 6.07) is 13.2. The second-order valence-electron chi connectivity index (χ2n) is 5.27. The summed E-state index contributed by atoms with van der Waals surface area (Å²) in [5.41, 5.74) is 3.01. The highest BCUT2D eigenvalue weighted by atomic mass is 35.5. The number of rotatable bonds is 3. The van der Waals surface area contributed by atoms with E-state index >= 15 is 0 Å². The molecule has 0 spiro atoms. The molecule has 3 aromatic rings. The van der Waals surface area contributed by atoms with Gasteiger partial charge in [-0.2, -0.15) is 0 Å². The molecule has 0 aliphatic heterocycles. The summed E-state index contributed by atoms with van der Waals surface area (Å²) in [5.74, 6) is -0.590. The molecule has 1 aromatic heterocycles. The van der Waals surface area contributed by atoms with Crippen molar-refractivity contribution in [1.82, 2.24) is 4.98 Å². The Morgan fingerprint density at radius 2 is 1.87 bits per heavy atom. The van der Waals surface area contributed by atoms with Gasteiger partial charge in [0.05, 0.1) is 5.52 Å². The number of benzene rings is 2. The summed E-state index contributed by atoms with van der Waals surface area (Å²) in [6.45, 7) is 1.99. The van der Waals surface area contributed by atoms with Gasteiger partial charge in [0.25, 0.3) is 0 Å². The molecule has 0 aliphatic rings. The van der Waals surface area contributed by atoms with E-state index in [0.717, 1.165) is 16.5 Å². The maximum Gasteiger partial charge on any atom is 0.185 e. The van der Waals surface area contributed by atoms with Crippen molar-refractivity contribution in [3.8, 4) is 0 Å². The molecule has 4 heteroatoms. The fourth-order valence-corrected chi connectivity index (χ4v) is 2.47. The molecular formula is C19H13ClFNO. The van der Waals surface area contributed by atoms with Crippen molar-refractivity contribution in [2.75, 3.05) is 0 Å². The number of carbonyl (C=O) groups is 1. The second kappa shape index (κ2) is 6.31. The number of hydrogen-bond donors (Lipinski definition) is 0. The lowest BCUT2D eigenvalue weighted by Gasteiger charge is -2.03. The van der Waals surface area contributed by atoms with Gasteiger partial charge in [0.1, 0.15) is 11.0 Å². The number of halogens is 2. The van der Waals surface area contributed by atoms with Crippen molar-refractivity contribution in [3.05, 3.63) is 82.3 Å². The number of pyridine rings is 1. The number of aryl methyl sites for hydroxylation is 1. The minimum atomic E-state index is -0.373. The molecule has 0 saturated heterocycles. The summed E-state index contributed by atoms with van der Waals surface area (Å²) in [5, 5.41) is 1.29. The van der Waals surface area contributed by atoms with E-state index in [9.17, 15) is 9.18 Å². The highest BCUT2D eigenvalue weighted by molar-refractivity contribution is 6.31. The van der Waals surface area contributed by atoms with Crippen LogP contribution in [0.15, 0.2) is 54.6 Å². The number of hydrogen-bond acceptors (Lipinski definition) is 2. The van der Waals surface area contributed by atoms with Crippen molar-refractivity contribution >= 4 is 34.4 Å². The highest BCUT2D eigenvalue weighted by Gasteiger charge is 2.05. The SMILES string of the molecule is Cc1ccc2cc(/C=C\C(=O)c3ccc(F)cc3)c(Cl)nc2c1. The Balaban J connectivity index is 1.91. The Hall–Kier alpha value is -2.52. The van der Waals surface area contributed by atoms with Crippen molar-refractivity contribution < 1.29 is 9.18 Å². The van der Waals surface area contributed by atoms with Gasteiger partial charge in [0.15, 0.2) is 5.78 Å². The van der Waals surface area contributed by atoms with Crippen LogP contribution in [0.3, 0.4) is 0 Å². The molecule has 0 N–H and O–H groups in total. The number of fused-ring (bicyclic) bond motifs is 1. The maximum absolute atomic E-state index is 12.9. The minimum Gasteiger partial charge on any atom is -0.289 e. The lowest BCUT2D eigenvalue weighted by Crippen LogP contribution is -1.94. The second-order valence-corrected chi connectivity index (χ2v) is 5.63. The van der Waals surface area contributed by atoms with Crippen molar-refractivity contribution in [1.29, 1.82) is 0 Å². The van der Waals surface area contributed by atoms with Gasteiger partial charge in [-0.25, -0.2) is 9.37 Å². The lowest BCUT2D eigenvalue weighted by atomic mass is 10.1. The number of aromatic nitrogens is 1. The normalized spacial score (nSPS) is 11.3.